The fourth-order valence-electron chi connectivity index (χ4n) is 2.66. The first kappa shape index (κ1) is 17.9. The van der Waals surface area contributed by atoms with Gasteiger partial charge in [0.05, 0.1) is 5.69 Å². The molecule has 0 fully saturated rings. The van der Waals surface area contributed by atoms with Gasteiger partial charge in [0.1, 0.15) is 5.82 Å². The average Bonchev–Trinajstić information content (AvgIpc) is 2.38. The predicted octanol–water partition coefficient (Wildman–Crippen LogP) is 3.10. The van der Waals surface area contributed by atoms with E-state index < -0.39 is 0 Å². The minimum absolute atomic E-state index is 0.134. The minimum Gasteiger partial charge on any atom is -0.365 e. The lowest BCUT2D eigenvalue weighted by molar-refractivity contribution is 0.371. The van der Waals surface area contributed by atoms with Gasteiger partial charge in [0.2, 0.25) is 0 Å². The van der Waals surface area contributed by atoms with Crippen LogP contribution in [0.25, 0.3) is 0 Å². The highest BCUT2D eigenvalue weighted by atomic mass is 19.1. The third-order valence-corrected chi connectivity index (χ3v) is 3.56. The van der Waals surface area contributed by atoms with Gasteiger partial charge in [-0.15, -0.1) is 0 Å². The van der Waals surface area contributed by atoms with Crippen molar-refractivity contribution in [1.82, 2.24) is 10.2 Å². The van der Waals surface area contributed by atoms with Crippen molar-refractivity contribution >= 4 is 5.69 Å². The summed E-state index contributed by atoms with van der Waals surface area (Å²) in [5.41, 5.74) is 1.76. The molecular formula is C17H30FN3. The summed E-state index contributed by atoms with van der Waals surface area (Å²) in [6.45, 7) is 10.8. The second-order valence-electron chi connectivity index (χ2n) is 6.18. The van der Waals surface area contributed by atoms with Crippen molar-refractivity contribution < 1.29 is 4.39 Å². The molecule has 1 atom stereocenters. The van der Waals surface area contributed by atoms with Crippen LogP contribution in [0.2, 0.25) is 0 Å². The fourth-order valence-corrected chi connectivity index (χ4v) is 2.66. The van der Waals surface area contributed by atoms with Gasteiger partial charge in [-0.3, -0.25) is 0 Å². The SMILES string of the molecule is CCN(c1c(F)cccc1CNC(C)C)C(C)CN(C)C. The van der Waals surface area contributed by atoms with Crippen LogP contribution >= 0.6 is 0 Å². The Morgan fingerprint density at radius 3 is 2.38 bits per heavy atom. The Balaban J connectivity index is 3.06. The van der Waals surface area contributed by atoms with Gasteiger partial charge in [0.25, 0.3) is 0 Å². The zero-order valence-corrected chi connectivity index (χ0v) is 14.3. The van der Waals surface area contributed by atoms with E-state index in [0.29, 0.717) is 12.6 Å². The number of anilines is 1. The third kappa shape index (κ3) is 5.29. The molecule has 0 heterocycles. The third-order valence-electron chi connectivity index (χ3n) is 3.56. The molecule has 0 radical (unpaired) electrons. The summed E-state index contributed by atoms with van der Waals surface area (Å²) in [5.74, 6) is -0.134. The van der Waals surface area contributed by atoms with Crippen molar-refractivity contribution in [3.63, 3.8) is 0 Å². The summed E-state index contributed by atoms with van der Waals surface area (Å²) < 4.78 is 14.4. The topological polar surface area (TPSA) is 18.5 Å². The Morgan fingerprint density at radius 2 is 1.86 bits per heavy atom. The Labute approximate surface area is 129 Å². The van der Waals surface area contributed by atoms with Crippen molar-refractivity contribution in [3.05, 3.63) is 29.6 Å². The van der Waals surface area contributed by atoms with E-state index in [1.807, 2.05) is 20.2 Å². The first-order valence-electron chi connectivity index (χ1n) is 7.78. The Bertz CT molecular complexity index is 432. The van der Waals surface area contributed by atoms with E-state index in [0.717, 1.165) is 24.3 Å². The first-order chi connectivity index (χ1) is 9.86. The molecule has 1 unspecified atom stereocenters. The Kier molecular flexibility index (Phi) is 7.12. The number of para-hydroxylation sites is 1. The van der Waals surface area contributed by atoms with Crippen molar-refractivity contribution in [1.29, 1.82) is 0 Å². The molecular weight excluding hydrogens is 265 g/mol. The summed E-state index contributed by atoms with van der Waals surface area (Å²) in [6.07, 6.45) is 0. The molecule has 0 saturated carbocycles. The molecule has 0 bridgehead atoms. The molecule has 1 N–H and O–H groups in total. The van der Waals surface area contributed by atoms with E-state index in [4.69, 9.17) is 0 Å². The lowest BCUT2D eigenvalue weighted by Crippen LogP contribution is -2.41. The summed E-state index contributed by atoms with van der Waals surface area (Å²) in [4.78, 5) is 4.30. The van der Waals surface area contributed by atoms with Crippen LogP contribution in [0.4, 0.5) is 10.1 Å². The first-order valence-corrected chi connectivity index (χ1v) is 7.78. The monoisotopic (exact) mass is 295 g/mol. The summed E-state index contributed by atoms with van der Waals surface area (Å²) in [7, 11) is 4.10. The zero-order valence-electron chi connectivity index (χ0n) is 14.3. The van der Waals surface area contributed by atoms with Gasteiger partial charge in [-0.05, 0) is 39.6 Å². The second kappa shape index (κ2) is 8.35. The van der Waals surface area contributed by atoms with Gasteiger partial charge < -0.3 is 15.1 Å². The van der Waals surface area contributed by atoms with Crippen LogP contribution in [0.1, 0.15) is 33.3 Å². The molecule has 0 aliphatic heterocycles. The van der Waals surface area contributed by atoms with Crippen LogP contribution in [0.15, 0.2) is 18.2 Å². The van der Waals surface area contributed by atoms with Gasteiger partial charge in [-0.2, -0.15) is 0 Å². The number of likely N-dealkylation sites (N-methyl/N-ethyl adjacent to an activating group) is 2. The molecule has 4 heteroatoms. The van der Waals surface area contributed by atoms with Crippen LogP contribution in [-0.4, -0.2) is 44.2 Å². The molecule has 0 saturated heterocycles. The molecule has 0 amide bonds. The number of halogens is 1. The summed E-state index contributed by atoms with van der Waals surface area (Å²) in [6, 6.07) is 6.01. The lowest BCUT2D eigenvalue weighted by atomic mass is 10.1. The Morgan fingerprint density at radius 1 is 1.19 bits per heavy atom. The van der Waals surface area contributed by atoms with Gasteiger partial charge in [-0.1, -0.05) is 26.0 Å². The fraction of sp³-hybridized carbons (Fsp3) is 0.647. The average molecular weight is 295 g/mol. The van der Waals surface area contributed by atoms with Crippen LogP contribution in [0.5, 0.6) is 0 Å². The second-order valence-corrected chi connectivity index (χ2v) is 6.18. The molecule has 120 valence electrons. The summed E-state index contributed by atoms with van der Waals surface area (Å²) in [5, 5.41) is 3.38. The highest BCUT2D eigenvalue weighted by Crippen LogP contribution is 2.26. The molecule has 3 nitrogen and oxygen atoms in total. The van der Waals surface area contributed by atoms with E-state index in [-0.39, 0.29) is 11.9 Å². The molecule has 1 rings (SSSR count). The Hall–Kier alpha value is -1.13. The number of benzene rings is 1. The van der Waals surface area contributed by atoms with Gasteiger partial charge in [0.15, 0.2) is 0 Å². The standard InChI is InChI=1S/C17H30FN3/c1-7-21(14(4)12-20(5)6)17-15(11-19-13(2)3)9-8-10-16(17)18/h8-10,13-14,19H,7,11-12H2,1-6H3. The maximum absolute atomic E-state index is 14.4. The predicted molar refractivity (Wildman–Crippen MR) is 89.4 cm³/mol. The molecule has 1 aromatic rings. The zero-order chi connectivity index (χ0) is 16.0. The molecule has 0 aliphatic carbocycles. The maximum atomic E-state index is 14.4. The van der Waals surface area contributed by atoms with E-state index in [1.54, 1.807) is 12.1 Å². The normalized spacial score (nSPS) is 13.0. The van der Waals surface area contributed by atoms with E-state index >= 15 is 0 Å². The van der Waals surface area contributed by atoms with Crippen molar-refractivity contribution in [2.45, 2.75) is 46.3 Å². The molecule has 0 aliphatic rings. The molecule has 0 spiro atoms. The van der Waals surface area contributed by atoms with Crippen molar-refractivity contribution in [2.75, 3.05) is 32.1 Å². The maximum Gasteiger partial charge on any atom is 0.146 e. The smallest absolute Gasteiger partial charge is 0.146 e. The largest absolute Gasteiger partial charge is 0.365 e. The van der Waals surface area contributed by atoms with Crippen molar-refractivity contribution in [3.8, 4) is 0 Å². The van der Waals surface area contributed by atoms with Crippen molar-refractivity contribution in [2.24, 2.45) is 0 Å². The van der Waals surface area contributed by atoms with Gasteiger partial charge >= 0.3 is 0 Å². The van der Waals surface area contributed by atoms with E-state index in [2.05, 4.69) is 42.8 Å². The van der Waals surface area contributed by atoms with E-state index in [1.165, 1.54) is 0 Å². The molecule has 21 heavy (non-hydrogen) atoms. The highest BCUT2D eigenvalue weighted by molar-refractivity contribution is 5.55. The number of hydrogen-bond acceptors (Lipinski definition) is 3. The number of hydrogen-bond donors (Lipinski definition) is 1. The van der Waals surface area contributed by atoms with Crippen LogP contribution in [-0.2, 0) is 6.54 Å². The van der Waals surface area contributed by atoms with Gasteiger partial charge in [0, 0.05) is 31.7 Å². The number of nitrogens with zero attached hydrogens (tertiary/aromatic N) is 2. The van der Waals surface area contributed by atoms with Gasteiger partial charge in [-0.25, -0.2) is 4.39 Å². The lowest BCUT2D eigenvalue weighted by Gasteiger charge is -2.34. The number of nitrogens with one attached hydrogen (secondary N) is 1. The van der Waals surface area contributed by atoms with E-state index in [9.17, 15) is 4.39 Å². The number of rotatable bonds is 8. The highest BCUT2D eigenvalue weighted by Gasteiger charge is 2.20. The minimum atomic E-state index is -0.134. The summed E-state index contributed by atoms with van der Waals surface area (Å²) >= 11 is 0. The van der Waals surface area contributed by atoms with Crippen LogP contribution in [0.3, 0.4) is 0 Å². The van der Waals surface area contributed by atoms with Crippen LogP contribution < -0.4 is 10.2 Å². The van der Waals surface area contributed by atoms with Crippen LogP contribution in [0, 0.1) is 5.82 Å². The molecule has 0 aromatic heterocycles. The molecule has 1 aromatic carbocycles. The quantitative estimate of drug-likeness (QED) is 0.795.